The van der Waals surface area contributed by atoms with E-state index in [2.05, 4.69) is 15.6 Å². The molecule has 29 heavy (non-hydrogen) atoms. The Labute approximate surface area is 169 Å². The summed E-state index contributed by atoms with van der Waals surface area (Å²) < 4.78 is 5.12. The van der Waals surface area contributed by atoms with Crippen molar-refractivity contribution in [2.24, 2.45) is 0 Å². The van der Waals surface area contributed by atoms with Crippen LogP contribution in [0, 0.1) is 0 Å². The lowest BCUT2D eigenvalue weighted by Crippen LogP contribution is -2.23. The molecular formula is C23H21N3O3. The SMILES string of the molecule is COc1ccc(/C=C/C(=O)Nc2ccccc2CNC(=O)c2cccnc2)cc1. The van der Waals surface area contributed by atoms with Gasteiger partial charge in [0, 0.05) is 30.7 Å². The van der Waals surface area contributed by atoms with Crippen LogP contribution in [0.1, 0.15) is 21.5 Å². The molecule has 6 heteroatoms. The summed E-state index contributed by atoms with van der Waals surface area (Å²) in [6.07, 6.45) is 6.31. The molecule has 2 N–H and O–H groups in total. The molecule has 0 aliphatic heterocycles. The van der Waals surface area contributed by atoms with Crippen molar-refractivity contribution < 1.29 is 14.3 Å². The lowest BCUT2D eigenvalue weighted by molar-refractivity contribution is -0.111. The lowest BCUT2D eigenvalue weighted by Gasteiger charge is -2.11. The van der Waals surface area contributed by atoms with E-state index >= 15 is 0 Å². The standard InChI is InChI=1S/C23H21N3O3/c1-29-20-11-8-17(9-12-20)10-13-22(27)26-21-7-3-2-5-18(21)16-25-23(28)19-6-4-14-24-15-19/h2-15H,16H2,1H3,(H,25,28)(H,26,27)/b13-10+. The smallest absolute Gasteiger partial charge is 0.253 e. The van der Waals surface area contributed by atoms with Gasteiger partial charge in [-0.3, -0.25) is 14.6 Å². The summed E-state index contributed by atoms with van der Waals surface area (Å²) in [7, 11) is 1.61. The highest BCUT2D eigenvalue weighted by Crippen LogP contribution is 2.16. The number of amides is 2. The second-order valence-electron chi connectivity index (χ2n) is 6.18. The van der Waals surface area contributed by atoms with Gasteiger partial charge in [-0.25, -0.2) is 0 Å². The lowest BCUT2D eigenvalue weighted by atomic mass is 10.1. The van der Waals surface area contributed by atoms with Crippen molar-refractivity contribution in [3.05, 3.63) is 95.8 Å². The number of hydrogen-bond acceptors (Lipinski definition) is 4. The fourth-order valence-corrected chi connectivity index (χ4v) is 2.63. The van der Waals surface area contributed by atoms with Gasteiger partial charge < -0.3 is 15.4 Å². The molecule has 0 aliphatic rings. The second-order valence-corrected chi connectivity index (χ2v) is 6.18. The van der Waals surface area contributed by atoms with Gasteiger partial charge in [0.25, 0.3) is 5.91 Å². The van der Waals surface area contributed by atoms with Crippen LogP contribution in [-0.2, 0) is 11.3 Å². The summed E-state index contributed by atoms with van der Waals surface area (Å²) in [5.74, 6) is 0.277. The van der Waals surface area contributed by atoms with Crippen molar-refractivity contribution in [1.29, 1.82) is 0 Å². The van der Waals surface area contributed by atoms with E-state index in [1.165, 1.54) is 12.3 Å². The van der Waals surface area contributed by atoms with Crippen molar-refractivity contribution >= 4 is 23.6 Å². The van der Waals surface area contributed by atoms with Crippen LogP contribution in [0.2, 0.25) is 0 Å². The molecule has 3 aromatic rings. The molecule has 0 saturated heterocycles. The Morgan fingerprint density at radius 3 is 2.55 bits per heavy atom. The quantitative estimate of drug-likeness (QED) is 0.606. The first-order chi connectivity index (χ1) is 14.2. The molecule has 0 saturated carbocycles. The third kappa shape index (κ3) is 5.77. The fourth-order valence-electron chi connectivity index (χ4n) is 2.63. The summed E-state index contributed by atoms with van der Waals surface area (Å²) in [4.78, 5) is 28.4. The second kappa shape index (κ2) is 9.85. The van der Waals surface area contributed by atoms with Gasteiger partial charge >= 0.3 is 0 Å². The molecule has 0 aliphatic carbocycles. The minimum Gasteiger partial charge on any atom is -0.497 e. The van der Waals surface area contributed by atoms with Crippen LogP contribution in [0.5, 0.6) is 5.75 Å². The van der Waals surface area contributed by atoms with Crippen molar-refractivity contribution in [1.82, 2.24) is 10.3 Å². The van der Waals surface area contributed by atoms with Gasteiger partial charge in [-0.15, -0.1) is 0 Å². The number of aromatic nitrogens is 1. The van der Waals surface area contributed by atoms with Crippen LogP contribution in [0.3, 0.4) is 0 Å². The predicted molar refractivity (Wildman–Crippen MR) is 113 cm³/mol. The number of carbonyl (C=O) groups is 2. The molecule has 0 bridgehead atoms. The molecule has 0 fully saturated rings. The third-order valence-electron chi connectivity index (χ3n) is 4.18. The first-order valence-electron chi connectivity index (χ1n) is 9.05. The Morgan fingerprint density at radius 1 is 1.03 bits per heavy atom. The average Bonchev–Trinajstić information content (AvgIpc) is 2.78. The van der Waals surface area contributed by atoms with Crippen molar-refractivity contribution in [3.8, 4) is 5.75 Å². The number of nitrogens with zero attached hydrogens (tertiary/aromatic N) is 1. The fraction of sp³-hybridized carbons (Fsp3) is 0.0870. The first-order valence-corrected chi connectivity index (χ1v) is 9.05. The van der Waals surface area contributed by atoms with E-state index in [-0.39, 0.29) is 18.4 Å². The molecular weight excluding hydrogens is 366 g/mol. The number of rotatable bonds is 7. The van der Waals surface area contributed by atoms with Crippen LogP contribution in [-0.4, -0.2) is 23.9 Å². The number of pyridine rings is 1. The van der Waals surface area contributed by atoms with Crippen molar-refractivity contribution in [3.63, 3.8) is 0 Å². The molecule has 1 aromatic heterocycles. The average molecular weight is 387 g/mol. The highest BCUT2D eigenvalue weighted by atomic mass is 16.5. The molecule has 146 valence electrons. The normalized spacial score (nSPS) is 10.5. The molecule has 6 nitrogen and oxygen atoms in total. The third-order valence-corrected chi connectivity index (χ3v) is 4.18. The Morgan fingerprint density at radius 2 is 1.83 bits per heavy atom. The van der Waals surface area contributed by atoms with E-state index in [0.717, 1.165) is 16.9 Å². The molecule has 0 spiro atoms. The van der Waals surface area contributed by atoms with Gasteiger partial charge in [0.05, 0.1) is 12.7 Å². The van der Waals surface area contributed by atoms with Gasteiger partial charge in [0.2, 0.25) is 5.91 Å². The number of benzene rings is 2. The van der Waals surface area contributed by atoms with Gasteiger partial charge in [-0.2, -0.15) is 0 Å². The van der Waals surface area contributed by atoms with Crippen molar-refractivity contribution in [2.45, 2.75) is 6.54 Å². The molecule has 0 unspecified atom stereocenters. The maximum atomic E-state index is 12.3. The summed E-state index contributed by atoms with van der Waals surface area (Å²) in [6, 6.07) is 18.1. The van der Waals surface area contributed by atoms with Gasteiger partial charge in [0.1, 0.15) is 5.75 Å². The molecule has 2 aromatic carbocycles. The predicted octanol–water partition coefficient (Wildman–Crippen LogP) is 3.67. The monoisotopic (exact) mass is 387 g/mol. The van der Waals surface area contributed by atoms with Crippen molar-refractivity contribution in [2.75, 3.05) is 12.4 Å². The van der Waals surface area contributed by atoms with E-state index in [0.29, 0.717) is 11.3 Å². The number of ether oxygens (including phenoxy) is 1. The number of anilines is 1. The summed E-state index contributed by atoms with van der Waals surface area (Å²) in [6.45, 7) is 0.284. The number of para-hydroxylation sites is 1. The van der Waals surface area contributed by atoms with Gasteiger partial charge in [0.15, 0.2) is 0 Å². The zero-order chi connectivity index (χ0) is 20.5. The van der Waals surface area contributed by atoms with Gasteiger partial charge in [-0.05, 0) is 47.5 Å². The number of methoxy groups -OCH3 is 1. The van der Waals surface area contributed by atoms with Crippen LogP contribution < -0.4 is 15.4 Å². The topological polar surface area (TPSA) is 80.3 Å². The van der Waals surface area contributed by atoms with E-state index in [1.54, 1.807) is 37.6 Å². The number of nitrogens with one attached hydrogen (secondary N) is 2. The van der Waals surface area contributed by atoms with Crippen LogP contribution in [0.4, 0.5) is 5.69 Å². The van der Waals surface area contributed by atoms with E-state index in [9.17, 15) is 9.59 Å². The minimum atomic E-state index is -0.258. The summed E-state index contributed by atoms with van der Waals surface area (Å²) in [5, 5.41) is 5.69. The Balaban J connectivity index is 1.61. The van der Waals surface area contributed by atoms with Crippen LogP contribution >= 0.6 is 0 Å². The van der Waals surface area contributed by atoms with E-state index in [1.807, 2.05) is 42.5 Å². The Bertz CT molecular complexity index is 999. The molecule has 2 amide bonds. The van der Waals surface area contributed by atoms with Crippen LogP contribution in [0.15, 0.2) is 79.1 Å². The number of carbonyl (C=O) groups excluding carboxylic acids is 2. The largest absolute Gasteiger partial charge is 0.497 e. The number of hydrogen-bond donors (Lipinski definition) is 2. The zero-order valence-electron chi connectivity index (χ0n) is 16.0. The summed E-state index contributed by atoms with van der Waals surface area (Å²) >= 11 is 0. The molecule has 1 heterocycles. The minimum absolute atomic E-state index is 0.223. The zero-order valence-corrected chi connectivity index (χ0v) is 16.0. The first kappa shape index (κ1) is 19.8. The molecule has 0 atom stereocenters. The molecule has 0 radical (unpaired) electrons. The van der Waals surface area contributed by atoms with Crippen LogP contribution in [0.25, 0.3) is 6.08 Å². The van der Waals surface area contributed by atoms with E-state index in [4.69, 9.17) is 4.74 Å². The summed E-state index contributed by atoms with van der Waals surface area (Å²) in [5.41, 5.74) is 2.81. The highest BCUT2D eigenvalue weighted by molar-refractivity contribution is 6.02. The molecule has 3 rings (SSSR count). The maximum absolute atomic E-state index is 12.3. The van der Waals surface area contributed by atoms with Gasteiger partial charge in [-0.1, -0.05) is 30.3 Å². The Kier molecular flexibility index (Phi) is 6.73. The highest BCUT2D eigenvalue weighted by Gasteiger charge is 2.08. The van der Waals surface area contributed by atoms with E-state index < -0.39 is 0 Å². The maximum Gasteiger partial charge on any atom is 0.253 e. The Hall–Kier alpha value is -3.93.